The SMILES string of the molecule is O=C(C[NH+]1CCC[C@H]1c1cccs1)NCC(=O)Nc1ccc(F)c(F)c1. The van der Waals surface area contributed by atoms with Crippen molar-refractivity contribution in [2.45, 2.75) is 18.9 Å². The minimum atomic E-state index is -1.04. The molecule has 1 saturated heterocycles. The first-order chi connectivity index (χ1) is 12.5. The Bertz CT molecular complexity index is 783. The lowest BCUT2D eigenvalue weighted by atomic mass is 10.2. The summed E-state index contributed by atoms with van der Waals surface area (Å²) in [6.07, 6.45) is 2.13. The van der Waals surface area contributed by atoms with Crippen LogP contribution in [0.1, 0.15) is 23.8 Å². The topological polar surface area (TPSA) is 62.6 Å². The maximum absolute atomic E-state index is 13.1. The Morgan fingerprint density at radius 2 is 2.04 bits per heavy atom. The van der Waals surface area contributed by atoms with Gasteiger partial charge in [-0.1, -0.05) is 6.07 Å². The molecule has 0 aliphatic carbocycles. The summed E-state index contributed by atoms with van der Waals surface area (Å²) in [6, 6.07) is 7.53. The second-order valence-corrected chi connectivity index (χ2v) is 7.23. The van der Waals surface area contributed by atoms with Crippen molar-refractivity contribution in [1.82, 2.24) is 5.32 Å². The zero-order valence-electron chi connectivity index (χ0n) is 14.1. The first-order valence-corrected chi connectivity index (χ1v) is 9.30. The van der Waals surface area contributed by atoms with Crippen LogP contribution in [0.2, 0.25) is 0 Å². The molecule has 1 aliphatic heterocycles. The second-order valence-electron chi connectivity index (χ2n) is 6.25. The van der Waals surface area contributed by atoms with Crippen molar-refractivity contribution in [3.05, 3.63) is 52.2 Å². The summed E-state index contributed by atoms with van der Waals surface area (Å²) in [7, 11) is 0. The molecule has 0 saturated carbocycles. The molecule has 2 atom stereocenters. The third kappa shape index (κ3) is 4.64. The maximum atomic E-state index is 13.1. The van der Waals surface area contributed by atoms with Crippen molar-refractivity contribution in [1.29, 1.82) is 0 Å². The van der Waals surface area contributed by atoms with Gasteiger partial charge in [0, 0.05) is 24.6 Å². The first kappa shape index (κ1) is 18.5. The number of carbonyl (C=O) groups excluding carboxylic acids is 2. The fourth-order valence-electron chi connectivity index (χ4n) is 3.18. The standard InChI is InChI=1S/C18H19F2N3O2S/c19-13-6-5-12(9-14(13)20)22-17(24)10-21-18(25)11-23-7-1-3-15(23)16-4-2-8-26-16/h2,4-6,8-9,15H,1,3,7,10-11H2,(H,21,25)(H,22,24)/p+1/t15-/m0/s1. The summed E-state index contributed by atoms with van der Waals surface area (Å²) in [5, 5.41) is 7.05. The second kappa shape index (κ2) is 8.37. The van der Waals surface area contributed by atoms with Crippen molar-refractivity contribution in [2.75, 3.05) is 25.0 Å². The van der Waals surface area contributed by atoms with Gasteiger partial charge in [0.05, 0.1) is 18.0 Å². The maximum Gasteiger partial charge on any atom is 0.275 e. The highest BCUT2D eigenvalue weighted by atomic mass is 32.1. The monoisotopic (exact) mass is 380 g/mol. The number of carbonyl (C=O) groups is 2. The molecule has 0 bridgehead atoms. The molecule has 8 heteroatoms. The van der Waals surface area contributed by atoms with E-state index in [1.54, 1.807) is 11.3 Å². The van der Waals surface area contributed by atoms with Crippen LogP contribution in [0.15, 0.2) is 35.7 Å². The fraction of sp³-hybridized carbons (Fsp3) is 0.333. The zero-order valence-corrected chi connectivity index (χ0v) is 14.9. The minimum Gasteiger partial charge on any atom is -0.342 e. The Kier molecular flexibility index (Phi) is 5.95. The van der Waals surface area contributed by atoms with Gasteiger partial charge in [-0.3, -0.25) is 9.59 Å². The van der Waals surface area contributed by atoms with Gasteiger partial charge in [0.1, 0.15) is 6.04 Å². The number of amides is 2. The summed E-state index contributed by atoms with van der Waals surface area (Å²) in [6.45, 7) is 1.02. The molecular formula is C18H20F2N3O2S+. The Balaban J connectivity index is 1.46. The molecule has 5 nitrogen and oxygen atoms in total. The number of rotatable bonds is 6. The molecule has 1 aromatic carbocycles. The number of nitrogens with one attached hydrogen (secondary N) is 3. The molecule has 3 N–H and O–H groups in total. The lowest BCUT2D eigenvalue weighted by Crippen LogP contribution is -3.11. The highest BCUT2D eigenvalue weighted by molar-refractivity contribution is 7.10. The third-order valence-electron chi connectivity index (χ3n) is 4.41. The quantitative estimate of drug-likeness (QED) is 0.711. The van der Waals surface area contributed by atoms with Crippen molar-refractivity contribution in [3.63, 3.8) is 0 Å². The predicted octanol–water partition coefficient (Wildman–Crippen LogP) is 1.50. The Morgan fingerprint density at radius 1 is 1.19 bits per heavy atom. The van der Waals surface area contributed by atoms with Crippen LogP contribution >= 0.6 is 11.3 Å². The molecule has 3 rings (SSSR count). The van der Waals surface area contributed by atoms with Crippen molar-refractivity contribution < 1.29 is 23.3 Å². The molecular weight excluding hydrogens is 360 g/mol. The number of hydrogen-bond acceptors (Lipinski definition) is 3. The lowest BCUT2D eigenvalue weighted by molar-refractivity contribution is -0.910. The normalized spacial score (nSPS) is 19.3. The Morgan fingerprint density at radius 3 is 2.77 bits per heavy atom. The molecule has 2 amide bonds. The average molecular weight is 380 g/mol. The molecule has 26 heavy (non-hydrogen) atoms. The van der Waals surface area contributed by atoms with Gasteiger partial charge in [0.2, 0.25) is 5.91 Å². The molecule has 1 unspecified atom stereocenters. The van der Waals surface area contributed by atoms with Gasteiger partial charge in [-0.25, -0.2) is 8.78 Å². The van der Waals surface area contributed by atoms with Gasteiger partial charge in [0.25, 0.3) is 5.91 Å². The molecule has 1 fully saturated rings. The van der Waals surface area contributed by atoms with Crippen molar-refractivity contribution >= 4 is 28.8 Å². The Labute approximate surface area is 154 Å². The van der Waals surface area contributed by atoms with Crippen LogP contribution in [0.4, 0.5) is 14.5 Å². The van der Waals surface area contributed by atoms with E-state index in [0.29, 0.717) is 12.6 Å². The van der Waals surface area contributed by atoms with E-state index in [2.05, 4.69) is 16.7 Å². The number of hydrogen-bond donors (Lipinski definition) is 3. The van der Waals surface area contributed by atoms with Crippen LogP contribution < -0.4 is 15.5 Å². The Hall–Kier alpha value is -2.32. The van der Waals surface area contributed by atoms with Gasteiger partial charge in [0.15, 0.2) is 18.2 Å². The van der Waals surface area contributed by atoms with E-state index < -0.39 is 17.5 Å². The van der Waals surface area contributed by atoms with E-state index in [-0.39, 0.29) is 18.1 Å². The van der Waals surface area contributed by atoms with Crippen LogP contribution in [0, 0.1) is 11.6 Å². The van der Waals surface area contributed by atoms with E-state index in [9.17, 15) is 18.4 Å². The van der Waals surface area contributed by atoms with Gasteiger partial charge >= 0.3 is 0 Å². The van der Waals surface area contributed by atoms with Crippen LogP contribution in [0.5, 0.6) is 0 Å². The van der Waals surface area contributed by atoms with Crippen LogP contribution in [-0.4, -0.2) is 31.4 Å². The van der Waals surface area contributed by atoms with E-state index >= 15 is 0 Å². The smallest absolute Gasteiger partial charge is 0.275 e. The molecule has 1 aliphatic rings. The minimum absolute atomic E-state index is 0.145. The van der Waals surface area contributed by atoms with E-state index in [1.807, 2.05) is 11.4 Å². The summed E-state index contributed by atoms with van der Waals surface area (Å²) in [5.74, 6) is -2.71. The highest BCUT2D eigenvalue weighted by Gasteiger charge is 2.32. The van der Waals surface area contributed by atoms with Crippen LogP contribution in [0.3, 0.4) is 0 Å². The number of benzene rings is 1. The van der Waals surface area contributed by atoms with Crippen molar-refractivity contribution in [3.8, 4) is 0 Å². The molecule has 0 spiro atoms. The number of likely N-dealkylation sites (tertiary alicyclic amines) is 1. The van der Waals surface area contributed by atoms with Gasteiger partial charge < -0.3 is 15.5 Å². The summed E-state index contributed by atoms with van der Waals surface area (Å²) < 4.78 is 26.0. The fourth-order valence-corrected chi connectivity index (χ4v) is 4.10. The van der Waals surface area contributed by atoms with Gasteiger partial charge in [-0.05, 0) is 23.6 Å². The summed E-state index contributed by atoms with van der Waals surface area (Å²) >= 11 is 1.70. The van der Waals surface area contributed by atoms with E-state index in [0.717, 1.165) is 31.5 Å². The lowest BCUT2D eigenvalue weighted by Gasteiger charge is -2.20. The molecule has 138 valence electrons. The number of thiophene rings is 1. The zero-order chi connectivity index (χ0) is 18.5. The van der Waals surface area contributed by atoms with Crippen LogP contribution in [0.25, 0.3) is 0 Å². The number of anilines is 1. The third-order valence-corrected chi connectivity index (χ3v) is 5.39. The number of halogens is 2. The average Bonchev–Trinajstić information content (AvgIpc) is 3.27. The number of quaternary nitrogens is 1. The van der Waals surface area contributed by atoms with Crippen LogP contribution in [-0.2, 0) is 9.59 Å². The highest BCUT2D eigenvalue weighted by Crippen LogP contribution is 2.23. The summed E-state index contributed by atoms with van der Waals surface area (Å²) in [5.41, 5.74) is 0.145. The van der Waals surface area contributed by atoms with Crippen molar-refractivity contribution in [2.24, 2.45) is 0 Å². The predicted molar refractivity (Wildman–Crippen MR) is 95.0 cm³/mol. The molecule has 2 heterocycles. The van der Waals surface area contributed by atoms with Gasteiger partial charge in [-0.15, -0.1) is 11.3 Å². The van der Waals surface area contributed by atoms with Gasteiger partial charge in [-0.2, -0.15) is 0 Å². The largest absolute Gasteiger partial charge is 0.342 e. The van der Waals surface area contributed by atoms with E-state index in [4.69, 9.17) is 0 Å². The summed E-state index contributed by atoms with van der Waals surface area (Å²) in [4.78, 5) is 26.5. The van der Waals surface area contributed by atoms with E-state index in [1.165, 1.54) is 15.8 Å². The molecule has 0 radical (unpaired) electrons. The first-order valence-electron chi connectivity index (χ1n) is 8.42. The molecule has 2 aromatic rings. The molecule has 1 aromatic heterocycles.